The largest absolute Gasteiger partial charge is 0.508 e. The minimum absolute atomic E-state index is 0.334. The fourth-order valence-corrected chi connectivity index (χ4v) is 2.55. The first-order chi connectivity index (χ1) is 8.74. The van der Waals surface area contributed by atoms with Crippen LogP contribution in [0, 0.1) is 5.92 Å². The molecule has 1 atom stereocenters. The van der Waals surface area contributed by atoms with Crippen molar-refractivity contribution in [1.29, 1.82) is 0 Å². The first-order valence-electron chi connectivity index (χ1n) is 6.95. The standard InChI is InChI=1S/C15H24N2O/c1-13(12-17-8-2-3-9-17)10-16-11-14-4-6-15(18)7-5-14/h4-7,13,16,18H,2-3,8-12H2,1H3. The van der Waals surface area contributed by atoms with Gasteiger partial charge in [0.05, 0.1) is 0 Å². The van der Waals surface area contributed by atoms with Gasteiger partial charge in [-0.15, -0.1) is 0 Å². The van der Waals surface area contributed by atoms with Crippen molar-refractivity contribution in [2.24, 2.45) is 5.92 Å². The van der Waals surface area contributed by atoms with Gasteiger partial charge in [-0.25, -0.2) is 0 Å². The molecule has 100 valence electrons. The lowest BCUT2D eigenvalue weighted by molar-refractivity contribution is 0.282. The highest BCUT2D eigenvalue weighted by Gasteiger charge is 2.14. The molecule has 1 aromatic rings. The maximum absolute atomic E-state index is 9.20. The Morgan fingerprint density at radius 2 is 1.89 bits per heavy atom. The van der Waals surface area contributed by atoms with Crippen LogP contribution in [0.5, 0.6) is 5.75 Å². The van der Waals surface area contributed by atoms with E-state index in [1.54, 1.807) is 12.1 Å². The van der Waals surface area contributed by atoms with Gasteiger partial charge in [-0.2, -0.15) is 0 Å². The van der Waals surface area contributed by atoms with Gasteiger partial charge in [-0.1, -0.05) is 19.1 Å². The summed E-state index contributed by atoms with van der Waals surface area (Å²) in [5, 5.41) is 12.7. The first-order valence-corrected chi connectivity index (χ1v) is 6.95. The van der Waals surface area contributed by atoms with Crippen molar-refractivity contribution < 1.29 is 5.11 Å². The number of hydrogen-bond donors (Lipinski definition) is 2. The van der Waals surface area contributed by atoms with Crippen LogP contribution >= 0.6 is 0 Å². The summed E-state index contributed by atoms with van der Waals surface area (Å²) < 4.78 is 0. The Bertz CT molecular complexity index is 344. The van der Waals surface area contributed by atoms with Crippen LogP contribution in [0.25, 0.3) is 0 Å². The molecular formula is C15H24N2O. The Hall–Kier alpha value is -1.06. The van der Waals surface area contributed by atoms with E-state index < -0.39 is 0 Å². The number of nitrogens with one attached hydrogen (secondary N) is 1. The number of phenols is 1. The summed E-state index contributed by atoms with van der Waals surface area (Å²) in [6, 6.07) is 7.41. The predicted molar refractivity (Wildman–Crippen MR) is 74.7 cm³/mol. The van der Waals surface area contributed by atoms with E-state index in [9.17, 15) is 5.11 Å². The second-order valence-electron chi connectivity index (χ2n) is 5.41. The number of aromatic hydroxyl groups is 1. The number of nitrogens with zero attached hydrogens (tertiary/aromatic N) is 1. The van der Waals surface area contributed by atoms with Crippen LogP contribution in [0.2, 0.25) is 0 Å². The van der Waals surface area contributed by atoms with Crippen molar-refractivity contribution in [3.05, 3.63) is 29.8 Å². The second-order valence-corrected chi connectivity index (χ2v) is 5.41. The molecule has 0 bridgehead atoms. The highest BCUT2D eigenvalue weighted by molar-refractivity contribution is 5.25. The third-order valence-electron chi connectivity index (χ3n) is 3.53. The molecule has 0 radical (unpaired) electrons. The number of phenolic OH excluding ortho intramolecular Hbond substituents is 1. The molecule has 1 aliphatic rings. The van der Waals surface area contributed by atoms with Gasteiger partial charge in [-0.05, 0) is 56.1 Å². The highest BCUT2D eigenvalue weighted by atomic mass is 16.3. The van der Waals surface area contributed by atoms with E-state index in [2.05, 4.69) is 17.1 Å². The Morgan fingerprint density at radius 1 is 1.22 bits per heavy atom. The van der Waals surface area contributed by atoms with Crippen molar-refractivity contribution in [3.8, 4) is 5.75 Å². The van der Waals surface area contributed by atoms with Crippen LogP contribution in [0.15, 0.2) is 24.3 Å². The Morgan fingerprint density at radius 3 is 2.56 bits per heavy atom. The SMILES string of the molecule is CC(CNCc1ccc(O)cc1)CN1CCCC1. The lowest BCUT2D eigenvalue weighted by atomic mass is 10.1. The van der Waals surface area contributed by atoms with Crippen molar-refractivity contribution >= 4 is 0 Å². The van der Waals surface area contributed by atoms with Crippen molar-refractivity contribution in [2.75, 3.05) is 26.2 Å². The van der Waals surface area contributed by atoms with E-state index in [-0.39, 0.29) is 0 Å². The summed E-state index contributed by atoms with van der Waals surface area (Å²) in [6.07, 6.45) is 2.74. The molecule has 2 rings (SSSR count). The van der Waals surface area contributed by atoms with Crippen molar-refractivity contribution in [2.45, 2.75) is 26.3 Å². The van der Waals surface area contributed by atoms with Gasteiger partial charge in [-0.3, -0.25) is 0 Å². The van der Waals surface area contributed by atoms with Crippen LogP contribution < -0.4 is 5.32 Å². The zero-order valence-electron chi connectivity index (χ0n) is 11.2. The lowest BCUT2D eigenvalue weighted by Gasteiger charge is -2.20. The topological polar surface area (TPSA) is 35.5 Å². The number of hydrogen-bond acceptors (Lipinski definition) is 3. The molecule has 0 aliphatic carbocycles. The Labute approximate surface area is 110 Å². The van der Waals surface area contributed by atoms with Gasteiger partial charge >= 0.3 is 0 Å². The van der Waals surface area contributed by atoms with E-state index in [1.807, 2.05) is 12.1 Å². The first kappa shape index (κ1) is 13.4. The van der Waals surface area contributed by atoms with Crippen LogP contribution in [0.4, 0.5) is 0 Å². The average Bonchev–Trinajstić information content (AvgIpc) is 2.84. The predicted octanol–water partition coefficient (Wildman–Crippen LogP) is 2.21. The third kappa shape index (κ3) is 4.31. The number of benzene rings is 1. The highest BCUT2D eigenvalue weighted by Crippen LogP contribution is 2.11. The van der Waals surface area contributed by atoms with Gasteiger partial charge in [0.15, 0.2) is 0 Å². The lowest BCUT2D eigenvalue weighted by Crippen LogP contribution is -2.31. The molecule has 0 spiro atoms. The second kappa shape index (κ2) is 6.76. The van der Waals surface area contributed by atoms with Gasteiger partial charge in [0.2, 0.25) is 0 Å². The van der Waals surface area contributed by atoms with Crippen molar-refractivity contribution in [3.63, 3.8) is 0 Å². The summed E-state index contributed by atoms with van der Waals surface area (Å²) in [5.41, 5.74) is 1.22. The zero-order valence-corrected chi connectivity index (χ0v) is 11.2. The van der Waals surface area contributed by atoms with Crippen LogP contribution in [0.1, 0.15) is 25.3 Å². The molecule has 1 heterocycles. The summed E-state index contributed by atoms with van der Waals surface area (Å²) >= 11 is 0. The normalized spacial score (nSPS) is 18.1. The molecule has 18 heavy (non-hydrogen) atoms. The number of rotatable bonds is 6. The summed E-state index contributed by atoms with van der Waals surface area (Å²) in [7, 11) is 0. The van der Waals surface area contributed by atoms with Crippen LogP contribution in [0.3, 0.4) is 0 Å². The Kier molecular flexibility index (Phi) is 5.02. The molecule has 1 aliphatic heterocycles. The molecule has 1 unspecified atom stereocenters. The van der Waals surface area contributed by atoms with E-state index in [4.69, 9.17) is 0 Å². The van der Waals surface area contributed by atoms with E-state index in [0.29, 0.717) is 11.7 Å². The summed E-state index contributed by atoms with van der Waals surface area (Å²) in [5.74, 6) is 1.03. The van der Waals surface area contributed by atoms with Crippen molar-refractivity contribution in [1.82, 2.24) is 10.2 Å². The molecule has 1 aromatic carbocycles. The van der Waals surface area contributed by atoms with E-state index in [0.717, 1.165) is 13.1 Å². The van der Waals surface area contributed by atoms with Gasteiger partial charge in [0.1, 0.15) is 5.75 Å². The molecule has 1 fully saturated rings. The molecule has 1 saturated heterocycles. The summed E-state index contributed by atoms with van der Waals surface area (Å²) in [6.45, 7) is 8.01. The van der Waals surface area contributed by atoms with Gasteiger partial charge < -0.3 is 15.3 Å². The maximum atomic E-state index is 9.20. The molecule has 0 aromatic heterocycles. The molecule has 0 saturated carbocycles. The number of likely N-dealkylation sites (tertiary alicyclic amines) is 1. The minimum Gasteiger partial charge on any atom is -0.508 e. The summed E-state index contributed by atoms with van der Waals surface area (Å²) in [4.78, 5) is 2.56. The minimum atomic E-state index is 0.334. The van der Waals surface area contributed by atoms with Crippen LogP contribution in [-0.4, -0.2) is 36.2 Å². The molecule has 0 amide bonds. The average molecular weight is 248 g/mol. The van der Waals surface area contributed by atoms with Crippen LogP contribution in [-0.2, 0) is 6.54 Å². The molecule has 2 N–H and O–H groups in total. The van der Waals surface area contributed by atoms with Gasteiger partial charge in [0.25, 0.3) is 0 Å². The molecule has 3 nitrogen and oxygen atoms in total. The fraction of sp³-hybridized carbons (Fsp3) is 0.600. The Balaban J connectivity index is 1.63. The maximum Gasteiger partial charge on any atom is 0.115 e. The molecule has 3 heteroatoms. The quantitative estimate of drug-likeness (QED) is 0.810. The smallest absolute Gasteiger partial charge is 0.115 e. The van der Waals surface area contributed by atoms with E-state index >= 15 is 0 Å². The van der Waals surface area contributed by atoms with E-state index in [1.165, 1.54) is 38.0 Å². The molecular weight excluding hydrogens is 224 g/mol. The zero-order chi connectivity index (χ0) is 12.8. The van der Waals surface area contributed by atoms with Gasteiger partial charge in [0, 0.05) is 13.1 Å². The monoisotopic (exact) mass is 248 g/mol. The third-order valence-corrected chi connectivity index (χ3v) is 3.53. The fourth-order valence-electron chi connectivity index (χ4n) is 2.55.